The molecule has 5 aliphatic rings. The van der Waals surface area contributed by atoms with Crippen LogP contribution in [0.5, 0.6) is 0 Å². The summed E-state index contributed by atoms with van der Waals surface area (Å²) in [6.45, 7) is 1.40. The third-order valence-corrected chi connectivity index (χ3v) is 21.3. The minimum atomic E-state index is -2.16. The van der Waals surface area contributed by atoms with E-state index in [1.54, 1.807) is 6.08 Å². The lowest BCUT2D eigenvalue weighted by Gasteiger charge is -2.50. The highest BCUT2D eigenvalue weighted by molar-refractivity contribution is 5.76. The van der Waals surface area contributed by atoms with E-state index in [0.29, 0.717) is 12.8 Å². The zero-order valence-electron chi connectivity index (χ0n) is 65.2. The topological polar surface area (TPSA) is 483 Å². The Morgan fingerprint density at radius 3 is 1.09 bits per heavy atom. The lowest BCUT2D eigenvalue weighted by Crippen LogP contribution is -2.70. The van der Waals surface area contributed by atoms with Crippen molar-refractivity contribution in [3.63, 3.8) is 0 Å². The predicted octanol–water partition coefficient (Wildman–Crippen LogP) is 2.65. The molecule has 27 atom stereocenters. The van der Waals surface area contributed by atoms with Gasteiger partial charge in [0.15, 0.2) is 31.5 Å². The Kier molecular flexibility index (Phi) is 48.4. The summed E-state index contributed by atoms with van der Waals surface area (Å²) in [5.41, 5.74) is 0. The number of rotatable bonds is 56. The second-order valence-corrected chi connectivity index (χ2v) is 30.3. The largest absolute Gasteiger partial charge is 0.394 e. The molecule has 18 N–H and O–H groups in total. The van der Waals surface area contributed by atoms with E-state index in [9.17, 15) is 91.0 Å². The van der Waals surface area contributed by atoms with Gasteiger partial charge in [0.05, 0.1) is 51.8 Å². The van der Waals surface area contributed by atoms with Crippen molar-refractivity contribution in [2.24, 2.45) is 0 Å². The first-order valence-corrected chi connectivity index (χ1v) is 41.1. The van der Waals surface area contributed by atoms with Gasteiger partial charge in [0, 0.05) is 20.3 Å². The Morgan fingerprint density at radius 2 is 0.688 bits per heavy atom. The zero-order chi connectivity index (χ0) is 79.6. The molecule has 10 unspecified atom stereocenters. The number of unbranched alkanes of at least 4 members (excludes halogenated alkanes) is 30. The minimum Gasteiger partial charge on any atom is -0.394 e. The maximum absolute atomic E-state index is 13.6. The molecule has 0 saturated carbocycles. The molecule has 0 bridgehead atoms. The van der Waals surface area contributed by atoms with Gasteiger partial charge in [-0.25, -0.2) is 0 Å². The zero-order valence-corrected chi connectivity index (χ0v) is 65.2. The van der Waals surface area contributed by atoms with Gasteiger partial charge in [-0.2, -0.15) is 0 Å². The average Bonchev–Trinajstić information content (AvgIpc) is 0.787. The van der Waals surface area contributed by atoms with Crippen molar-refractivity contribution in [3.8, 4) is 0 Å². The van der Waals surface area contributed by atoms with E-state index in [0.717, 1.165) is 65.2 Å². The molecule has 5 fully saturated rings. The third-order valence-electron chi connectivity index (χ3n) is 21.3. The van der Waals surface area contributed by atoms with Crippen LogP contribution < -0.4 is 16.0 Å². The fraction of sp³-hybridized carbons (Fsp3) is 0.910. The average molecular weight is 1570 g/mol. The van der Waals surface area contributed by atoms with Gasteiger partial charge in [-0.15, -0.1) is 0 Å². The lowest BCUT2D eigenvalue weighted by molar-refractivity contribution is -0.385. The summed E-state index contributed by atoms with van der Waals surface area (Å²) < 4.78 is 59.1. The van der Waals surface area contributed by atoms with E-state index < -0.39 is 217 Å². The van der Waals surface area contributed by atoms with Crippen molar-refractivity contribution in [2.45, 2.75) is 412 Å². The lowest BCUT2D eigenvalue weighted by atomic mass is 9.94. The Hall–Kier alpha value is -3.11. The number of hydrogen-bond donors (Lipinski definition) is 18. The molecule has 0 aromatic carbocycles. The number of carbonyl (C=O) groups is 3. The van der Waals surface area contributed by atoms with Gasteiger partial charge < -0.3 is 140 Å². The summed E-state index contributed by atoms with van der Waals surface area (Å²) in [4.78, 5) is 38.6. The fourth-order valence-corrected chi connectivity index (χ4v) is 14.7. The summed E-state index contributed by atoms with van der Waals surface area (Å²) in [5, 5.41) is 175. The van der Waals surface area contributed by atoms with Crippen molar-refractivity contribution in [1.29, 1.82) is 0 Å². The summed E-state index contributed by atoms with van der Waals surface area (Å²) in [6.07, 6.45) is 3.01. The molecule has 109 heavy (non-hydrogen) atoms. The van der Waals surface area contributed by atoms with Crippen molar-refractivity contribution >= 4 is 17.7 Å². The van der Waals surface area contributed by atoms with Crippen LogP contribution in [0.3, 0.4) is 0 Å². The first-order chi connectivity index (χ1) is 52.6. The molecule has 3 amide bonds. The number of aliphatic hydroxyl groups is 15. The standard InChI is InChI=1S/C78H141N3O28/c1-5-7-9-11-13-15-17-19-20-21-22-23-24-25-26-27-28-30-32-34-36-38-40-42-58(90)81-51(52(89)41-39-37-35-33-31-29-18-16-14-12-10-8-6-2)48-100-76-67(97)66(96)71(57(47-86)105-76)107-78-69(99)73(63(93)55(45-84)103-78)109-75-60(80-50(4)88)65(95)70(56(46-85)104-75)106-77-68(98)72(62(92)54(44-83)102-77)108-74-59(79-49(3)87)64(94)61(91)53(43-82)101-74/h19-20,39,41,51-57,59-78,82-86,89,91-99H,5-18,21-38,40,42-48H2,1-4H3,(H,79,87)(H,80,88)(H,81,90)/b20-19-,41-39+/t51-,52+,53?,54?,55?,56?,57?,59?,60?,61-,62-,63-,64+,65+,66+,67?,68?,69?,70+,71+,72-,73-,74-,75-,76+,77-,78-/m0/s1. The van der Waals surface area contributed by atoms with Crippen LogP contribution in [-0.2, 0) is 61.8 Å². The Balaban J connectivity index is 1.17. The monoisotopic (exact) mass is 1570 g/mol. The highest BCUT2D eigenvalue weighted by Gasteiger charge is 2.57. The van der Waals surface area contributed by atoms with E-state index in [1.807, 2.05) is 6.08 Å². The number of carbonyl (C=O) groups excluding carboxylic acids is 3. The van der Waals surface area contributed by atoms with Gasteiger partial charge in [-0.1, -0.05) is 205 Å². The molecule has 31 heteroatoms. The Morgan fingerprint density at radius 1 is 0.358 bits per heavy atom. The first kappa shape index (κ1) is 96.5. The molecular formula is C78H141N3O28. The summed E-state index contributed by atoms with van der Waals surface area (Å²) in [6, 6.07) is -4.40. The number of hydrogen-bond acceptors (Lipinski definition) is 28. The highest BCUT2D eigenvalue weighted by atomic mass is 16.8. The van der Waals surface area contributed by atoms with E-state index in [-0.39, 0.29) is 12.3 Å². The summed E-state index contributed by atoms with van der Waals surface area (Å²) in [7, 11) is 0. The number of allylic oxidation sites excluding steroid dienone is 3. The van der Waals surface area contributed by atoms with E-state index in [4.69, 9.17) is 47.4 Å². The van der Waals surface area contributed by atoms with Gasteiger partial charge in [-0.05, 0) is 44.9 Å². The molecule has 0 aromatic heterocycles. The number of aliphatic hydroxyl groups excluding tert-OH is 15. The molecule has 636 valence electrons. The van der Waals surface area contributed by atoms with E-state index in [2.05, 4.69) is 41.9 Å². The van der Waals surface area contributed by atoms with Crippen molar-refractivity contribution < 1.29 is 138 Å². The van der Waals surface area contributed by atoms with Crippen molar-refractivity contribution in [1.82, 2.24) is 16.0 Å². The van der Waals surface area contributed by atoms with Crippen LogP contribution >= 0.6 is 0 Å². The second-order valence-electron chi connectivity index (χ2n) is 30.3. The number of ether oxygens (including phenoxy) is 10. The molecule has 31 nitrogen and oxygen atoms in total. The quantitative estimate of drug-likeness (QED) is 0.0307. The third kappa shape index (κ3) is 32.8. The van der Waals surface area contributed by atoms with Gasteiger partial charge >= 0.3 is 0 Å². The Labute approximate surface area is 645 Å². The van der Waals surface area contributed by atoms with Crippen molar-refractivity contribution in [3.05, 3.63) is 24.3 Å². The number of nitrogens with one attached hydrogen (secondary N) is 3. The van der Waals surface area contributed by atoms with Crippen LogP contribution in [0, 0.1) is 0 Å². The van der Waals surface area contributed by atoms with Crippen molar-refractivity contribution in [2.75, 3.05) is 39.6 Å². The minimum absolute atomic E-state index is 0.188. The van der Waals surface area contributed by atoms with Crippen LogP contribution in [0.25, 0.3) is 0 Å². The van der Waals surface area contributed by atoms with Crippen LogP contribution in [0.2, 0.25) is 0 Å². The molecule has 5 aliphatic heterocycles. The number of amides is 3. The van der Waals surface area contributed by atoms with E-state index >= 15 is 0 Å². The molecule has 0 aromatic rings. The second kappa shape index (κ2) is 54.7. The summed E-state index contributed by atoms with van der Waals surface area (Å²) >= 11 is 0. The molecule has 0 radical (unpaired) electrons. The van der Waals surface area contributed by atoms with Gasteiger partial charge in [0.2, 0.25) is 17.7 Å². The Bertz CT molecular complexity index is 2460. The smallest absolute Gasteiger partial charge is 0.220 e. The highest BCUT2D eigenvalue weighted by Crippen LogP contribution is 2.37. The van der Waals surface area contributed by atoms with Gasteiger partial charge in [0.1, 0.15) is 122 Å². The van der Waals surface area contributed by atoms with Gasteiger partial charge in [-0.3, -0.25) is 14.4 Å². The van der Waals surface area contributed by atoms with Crippen LogP contribution in [0.1, 0.15) is 246 Å². The predicted molar refractivity (Wildman–Crippen MR) is 398 cm³/mol. The molecule has 5 heterocycles. The van der Waals surface area contributed by atoms with E-state index in [1.165, 1.54) is 148 Å². The van der Waals surface area contributed by atoms with Crippen LogP contribution in [-0.4, -0.2) is 300 Å². The van der Waals surface area contributed by atoms with Crippen LogP contribution in [0.4, 0.5) is 0 Å². The molecule has 0 spiro atoms. The normalized spacial score (nSPS) is 33.7. The maximum Gasteiger partial charge on any atom is 0.220 e. The summed E-state index contributed by atoms with van der Waals surface area (Å²) in [5.74, 6) is -1.89. The molecule has 5 saturated heterocycles. The molecule has 5 rings (SSSR count). The first-order valence-electron chi connectivity index (χ1n) is 41.1. The van der Waals surface area contributed by atoms with Gasteiger partial charge in [0.25, 0.3) is 0 Å². The SMILES string of the molecule is CCCCCCCC/C=C\CCCCCCCCCCCCCCCC(=O)N[C@@H](CO[C@@H]1OC(CO)[C@@H](O[C@@H]2OC(CO)[C@H](O)[C@H](O[C@@H]3OC(CO)[C@@H](O[C@@H]4OC(CO)[C@H](O)[C@H](O[C@@H]5OC(CO)[C@H](O)[C@H](O)C5NC(C)=O)C4O)[C@H](O)C3NC(C)=O)C2O)[C@H](O)C1O)[C@H](O)/C=C/CCCCCCCCCCCCC. The molecular weight excluding hydrogens is 1430 g/mol. The fourth-order valence-electron chi connectivity index (χ4n) is 14.7. The van der Waals surface area contributed by atoms with Crippen LogP contribution in [0.15, 0.2) is 24.3 Å². The maximum atomic E-state index is 13.6. The molecule has 0 aliphatic carbocycles.